The fraction of sp³-hybridized carbons (Fsp3) is 0.650. The first-order valence-electron chi connectivity index (χ1n) is 9.65. The summed E-state index contributed by atoms with van der Waals surface area (Å²) in [4.78, 5) is 18.9. The fourth-order valence-corrected chi connectivity index (χ4v) is 3.13. The summed E-state index contributed by atoms with van der Waals surface area (Å²) in [7, 11) is 1.63. The molecule has 27 heavy (non-hydrogen) atoms. The molecule has 0 bridgehead atoms. The highest BCUT2D eigenvalue weighted by Crippen LogP contribution is 2.29. The second-order valence-corrected chi connectivity index (χ2v) is 7.55. The first kappa shape index (κ1) is 21.0. The molecule has 0 radical (unpaired) electrons. The van der Waals surface area contributed by atoms with E-state index in [0.717, 1.165) is 36.3 Å². The van der Waals surface area contributed by atoms with Crippen molar-refractivity contribution < 1.29 is 14.3 Å². The lowest BCUT2D eigenvalue weighted by molar-refractivity contribution is 0.0197. The third-order valence-electron chi connectivity index (χ3n) is 4.34. The van der Waals surface area contributed by atoms with Gasteiger partial charge in [0.15, 0.2) is 5.65 Å². The number of methoxy groups -OCH3 is 1. The highest BCUT2D eigenvalue weighted by molar-refractivity contribution is 5.68. The molecule has 0 aliphatic carbocycles. The van der Waals surface area contributed by atoms with E-state index in [-0.39, 0.29) is 12.0 Å². The quantitative estimate of drug-likeness (QED) is 0.786. The van der Waals surface area contributed by atoms with E-state index < -0.39 is 5.60 Å². The van der Waals surface area contributed by atoms with Crippen molar-refractivity contribution in [3.63, 3.8) is 0 Å². The van der Waals surface area contributed by atoms with E-state index in [1.165, 1.54) is 0 Å². The van der Waals surface area contributed by atoms with E-state index in [9.17, 15) is 4.79 Å². The zero-order valence-electron chi connectivity index (χ0n) is 17.6. The molecule has 0 N–H and O–H groups in total. The van der Waals surface area contributed by atoms with E-state index in [1.807, 2.05) is 47.6 Å². The number of carbonyl (C=O) groups is 1. The van der Waals surface area contributed by atoms with E-state index in [1.54, 1.807) is 22.7 Å². The molecule has 1 atom stereocenters. The minimum Gasteiger partial charge on any atom is -0.481 e. The van der Waals surface area contributed by atoms with Gasteiger partial charge in [-0.05, 0) is 40.5 Å². The molecule has 3 heterocycles. The molecule has 150 valence electrons. The Morgan fingerprint density at radius 1 is 1.30 bits per heavy atom. The van der Waals surface area contributed by atoms with Crippen molar-refractivity contribution in [2.24, 2.45) is 0 Å². The summed E-state index contributed by atoms with van der Waals surface area (Å²) in [6.45, 7) is 13.0. The van der Waals surface area contributed by atoms with E-state index in [4.69, 9.17) is 14.5 Å². The van der Waals surface area contributed by atoms with Gasteiger partial charge in [0.05, 0.1) is 19.0 Å². The molecule has 1 amide bonds. The van der Waals surface area contributed by atoms with Crippen LogP contribution in [0.15, 0.2) is 12.3 Å². The number of amides is 1. The summed E-state index contributed by atoms with van der Waals surface area (Å²) in [5.41, 5.74) is 2.24. The zero-order valence-corrected chi connectivity index (χ0v) is 17.6. The number of likely N-dealkylation sites (tertiary alicyclic amines) is 1. The topological polar surface area (TPSA) is 69.0 Å². The highest BCUT2D eigenvalue weighted by Gasteiger charge is 2.29. The van der Waals surface area contributed by atoms with Crippen LogP contribution in [0.3, 0.4) is 0 Å². The van der Waals surface area contributed by atoms with Crippen LogP contribution in [0.2, 0.25) is 0 Å². The summed E-state index contributed by atoms with van der Waals surface area (Å²) >= 11 is 0. The summed E-state index contributed by atoms with van der Waals surface area (Å²) in [5, 5.41) is 4.30. The second kappa shape index (κ2) is 8.59. The Bertz CT molecular complexity index is 779. The van der Waals surface area contributed by atoms with Crippen LogP contribution in [0, 0.1) is 6.92 Å². The minimum absolute atomic E-state index is 0.162. The Morgan fingerprint density at radius 2 is 2.00 bits per heavy atom. The number of hydrogen-bond donors (Lipinski definition) is 0. The summed E-state index contributed by atoms with van der Waals surface area (Å²) in [6.07, 6.45) is 3.43. The van der Waals surface area contributed by atoms with Crippen LogP contribution in [0.25, 0.3) is 5.65 Å². The molecule has 7 nitrogen and oxygen atoms in total. The van der Waals surface area contributed by atoms with Gasteiger partial charge in [-0.2, -0.15) is 9.61 Å². The number of fused-ring (bicyclic) bond motifs is 1. The van der Waals surface area contributed by atoms with Crippen molar-refractivity contribution in [2.75, 3.05) is 20.2 Å². The summed E-state index contributed by atoms with van der Waals surface area (Å²) in [6, 6.07) is 1.92. The number of carbonyl (C=O) groups excluding carboxylic acids is 1. The number of ether oxygens (including phenoxy) is 2. The Balaban J connectivity index is 0.00000126. The van der Waals surface area contributed by atoms with Crippen molar-refractivity contribution in [3.05, 3.63) is 23.5 Å². The predicted molar refractivity (Wildman–Crippen MR) is 105 cm³/mol. The highest BCUT2D eigenvalue weighted by atomic mass is 16.6. The molecule has 2 aromatic rings. The number of hydrogen-bond acceptors (Lipinski definition) is 5. The maximum atomic E-state index is 12.4. The van der Waals surface area contributed by atoms with Crippen molar-refractivity contribution in [1.82, 2.24) is 19.5 Å². The van der Waals surface area contributed by atoms with Crippen LogP contribution >= 0.6 is 0 Å². The monoisotopic (exact) mass is 376 g/mol. The third kappa shape index (κ3) is 4.90. The molecule has 1 aliphatic heterocycles. The smallest absolute Gasteiger partial charge is 0.410 e. The van der Waals surface area contributed by atoms with Crippen LogP contribution in [0.4, 0.5) is 4.79 Å². The van der Waals surface area contributed by atoms with Gasteiger partial charge in [0.1, 0.15) is 5.60 Å². The molecule has 1 aliphatic rings. The predicted octanol–water partition coefficient (Wildman–Crippen LogP) is 4.19. The molecular weight excluding hydrogens is 344 g/mol. The lowest BCUT2D eigenvalue weighted by atomic mass is 9.94. The SMILES string of the molecule is CC.COc1cc(C2CCCN(C(=O)OC(C)(C)C)C2)nc2c(C)cnn12. The number of rotatable bonds is 2. The van der Waals surface area contributed by atoms with Gasteiger partial charge in [-0.15, -0.1) is 0 Å². The van der Waals surface area contributed by atoms with E-state index in [0.29, 0.717) is 12.4 Å². The first-order chi connectivity index (χ1) is 12.8. The second-order valence-electron chi connectivity index (χ2n) is 7.55. The van der Waals surface area contributed by atoms with Gasteiger partial charge >= 0.3 is 6.09 Å². The molecular formula is C20H32N4O3. The largest absolute Gasteiger partial charge is 0.481 e. The molecule has 7 heteroatoms. The molecule has 0 aromatic carbocycles. The molecule has 1 fully saturated rings. The third-order valence-corrected chi connectivity index (χ3v) is 4.34. The first-order valence-corrected chi connectivity index (χ1v) is 9.65. The number of nitrogens with zero attached hydrogens (tertiary/aromatic N) is 4. The Labute approximate surface area is 161 Å². The molecule has 1 unspecified atom stereocenters. The van der Waals surface area contributed by atoms with Crippen molar-refractivity contribution >= 4 is 11.7 Å². The van der Waals surface area contributed by atoms with Crippen LogP contribution in [0.1, 0.15) is 64.6 Å². The average Bonchev–Trinajstić information content (AvgIpc) is 3.02. The summed E-state index contributed by atoms with van der Waals surface area (Å²) < 4.78 is 12.7. The zero-order chi connectivity index (χ0) is 20.2. The normalized spacial score (nSPS) is 17.3. The maximum Gasteiger partial charge on any atom is 0.410 e. The lowest BCUT2D eigenvalue weighted by Crippen LogP contribution is -2.42. The van der Waals surface area contributed by atoms with Crippen LogP contribution in [-0.4, -0.2) is 51.4 Å². The minimum atomic E-state index is -0.487. The number of aryl methyl sites for hydroxylation is 1. The van der Waals surface area contributed by atoms with Crippen LogP contribution in [0.5, 0.6) is 5.88 Å². The van der Waals surface area contributed by atoms with Crippen molar-refractivity contribution in [2.45, 2.75) is 65.9 Å². The molecule has 3 rings (SSSR count). The van der Waals surface area contributed by atoms with Gasteiger partial charge in [-0.1, -0.05) is 13.8 Å². The summed E-state index contributed by atoms with van der Waals surface area (Å²) in [5.74, 6) is 0.817. The standard InChI is InChI=1S/C18H26N4O3.C2H6/c1-12-10-19-22-15(24-5)9-14(20-16(12)22)13-7-6-8-21(11-13)17(23)25-18(2,3)4;1-2/h9-10,13H,6-8,11H2,1-5H3;1-2H3. The Morgan fingerprint density at radius 3 is 2.63 bits per heavy atom. The van der Waals surface area contributed by atoms with Gasteiger partial charge in [0.2, 0.25) is 5.88 Å². The molecule has 2 aromatic heterocycles. The Kier molecular flexibility index (Phi) is 6.68. The lowest BCUT2D eigenvalue weighted by Gasteiger charge is -2.34. The van der Waals surface area contributed by atoms with Crippen LogP contribution < -0.4 is 4.74 Å². The van der Waals surface area contributed by atoms with E-state index >= 15 is 0 Å². The van der Waals surface area contributed by atoms with Gasteiger partial charge < -0.3 is 14.4 Å². The van der Waals surface area contributed by atoms with Gasteiger partial charge in [-0.3, -0.25) is 0 Å². The maximum absolute atomic E-state index is 12.4. The van der Waals surface area contributed by atoms with Gasteiger partial charge in [-0.25, -0.2) is 9.78 Å². The fourth-order valence-electron chi connectivity index (χ4n) is 3.13. The molecule has 0 spiro atoms. The van der Waals surface area contributed by atoms with E-state index in [2.05, 4.69) is 5.10 Å². The number of aromatic nitrogens is 3. The number of piperidine rings is 1. The van der Waals surface area contributed by atoms with Crippen molar-refractivity contribution in [1.29, 1.82) is 0 Å². The van der Waals surface area contributed by atoms with Gasteiger partial charge in [0.25, 0.3) is 0 Å². The Hall–Kier alpha value is -2.31. The average molecular weight is 377 g/mol. The van der Waals surface area contributed by atoms with Crippen molar-refractivity contribution in [3.8, 4) is 5.88 Å². The molecule has 0 saturated carbocycles. The molecule has 1 saturated heterocycles. The van der Waals surface area contributed by atoms with Crippen LogP contribution in [-0.2, 0) is 4.74 Å². The van der Waals surface area contributed by atoms with Gasteiger partial charge in [0, 0.05) is 30.6 Å².